The number of aromatic nitrogens is 1. The van der Waals surface area contributed by atoms with Crippen LogP contribution in [-0.2, 0) is 6.54 Å². The van der Waals surface area contributed by atoms with Gasteiger partial charge in [0.1, 0.15) is 11.5 Å². The van der Waals surface area contributed by atoms with Gasteiger partial charge in [-0.05, 0) is 48.4 Å². The quantitative estimate of drug-likeness (QED) is 0.525. The topological polar surface area (TPSA) is 97.4 Å². The molecule has 7 nitrogen and oxygen atoms in total. The van der Waals surface area contributed by atoms with Gasteiger partial charge in [0.2, 0.25) is 0 Å². The Kier molecular flexibility index (Phi) is 5.10. The molecule has 152 valence electrons. The fourth-order valence-corrected chi connectivity index (χ4v) is 3.57. The summed E-state index contributed by atoms with van der Waals surface area (Å²) in [7, 11) is 1.53. The van der Waals surface area contributed by atoms with Gasteiger partial charge < -0.3 is 19.6 Å². The largest absolute Gasteiger partial charge is 0.454 e. The van der Waals surface area contributed by atoms with Gasteiger partial charge in [0.05, 0.1) is 12.2 Å². The van der Waals surface area contributed by atoms with Crippen molar-refractivity contribution in [2.75, 3.05) is 7.05 Å². The molecule has 30 heavy (non-hydrogen) atoms. The van der Waals surface area contributed by atoms with Crippen LogP contribution in [0.1, 0.15) is 38.1 Å². The second-order valence-electron chi connectivity index (χ2n) is 6.93. The zero-order valence-corrected chi connectivity index (χ0v) is 16.9. The van der Waals surface area contributed by atoms with Crippen LogP contribution in [0.3, 0.4) is 0 Å². The van der Waals surface area contributed by atoms with Gasteiger partial charge >= 0.3 is 0 Å². The Morgan fingerprint density at radius 1 is 0.967 bits per heavy atom. The predicted molar refractivity (Wildman–Crippen MR) is 112 cm³/mol. The fraction of sp³-hybridized carbons (Fsp3) is 0.174. The summed E-state index contributed by atoms with van der Waals surface area (Å²) in [5.41, 5.74) is 3.27. The lowest BCUT2D eigenvalue weighted by molar-refractivity contribution is 0.0933. The molecule has 0 atom stereocenters. The van der Waals surface area contributed by atoms with Crippen molar-refractivity contribution in [3.8, 4) is 11.1 Å². The first-order valence-electron chi connectivity index (χ1n) is 9.53. The highest BCUT2D eigenvalue weighted by Gasteiger charge is 2.17. The molecule has 0 saturated carbocycles. The average Bonchev–Trinajstić information content (AvgIpc) is 3.37. The molecule has 7 heteroatoms. The molecule has 0 aliphatic carbocycles. The van der Waals surface area contributed by atoms with Crippen molar-refractivity contribution in [1.29, 1.82) is 0 Å². The van der Waals surface area contributed by atoms with Gasteiger partial charge in [-0.25, -0.2) is 0 Å². The van der Waals surface area contributed by atoms with Crippen molar-refractivity contribution in [3.63, 3.8) is 0 Å². The molecule has 0 fully saturated rings. The molecule has 2 aromatic heterocycles. The van der Waals surface area contributed by atoms with Crippen LogP contribution in [0.4, 0.5) is 0 Å². The van der Waals surface area contributed by atoms with Crippen molar-refractivity contribution in [1.82, 2.24) is 15.8 Å². The Labute approximate surface area is 173 Å². The number of hydrogen-bond acceptors (Lipinski definition) is 5. The summed E-state index contributed by atoms with van der Waals surface area (Å²) in [5, 5.41) is 11.2. The molecule has 0 radical (unpaired) electrons. The van der Waals surface area contributed by atoms with E-state index in [1.807, 2.05) is 44.2 Å². The van der Waals surface area contributed by atoms with E-state index in [0.717, 1.165) is 33.4 Å². The monoisotopic (exact) mass is 403 g/mol. The Bertz CT molecular complexity index is 1230. The van der Waals surface area contributed by atoms with E-state index in [1.165, 1.54) is 7.05 Å². The average molecular weight is 403 g/mol. The standard InChI is InChI=1S/C23H21N3O4/c1-13-21(14(2)30-26-13)18-8-4-7-17-16(18)6-5-9-19(17)22(27)25-12-15-10-11-20(29-15)23(28)24-3/h4-11H,12H2,1-3H3,(H,24,28)(H,25,27). The highest BCUT2D eigenvalue weighted by Crippen LogP contribution is 2.34. The molecule has 2 aromatic carbocycles. The van der Waals surface area contributed by atoms with E-state index in [4.69, 9.17) is 8.94 Å². The maximum absolute atomic E-state index is 12.9. The molecule has 2 heterocycles. The van der Waals surface area contributed by atoms with Gasteiger partial charge in [0.25, 0.3) is 11.8 Å². The number of fused-ring (bicyclic) bond motifs is 1. The first kappa shape index (κ1) is 19.4. The molecule has 4 aromatic rings. The molecule has 0 spiro atoms. The summed E-state index contributed by atoms with van der Waals surface area (Å²) in [6.45, 7) is 3.95. The number of aryl methyl sites for hydroxylation is 2. The number of nitrogens with one attached hydrogen (secondary N) is 2. The van der Waals surface area contributed by atoms with E-state index < -0.39 is 0 Å². The first-order chi connectivity index (χ1) is 14.5. The van der Waals surface area contributed by atoms with E-state index in [2.05, 4.69) is 15.8 Å². The van der Waals surface area contributed by atoms with Crippen molar-refractivity contribution in [3.05, 3.63) is 77.1 Å². The zero-order valence-electron chi connectivity index (χ0n) is 16.9. The summed E-state index contributed by atoms with van der Waals surface area (Å²) in [5.74, 6) is 0.900. The number of benzene rings is 2. The van der Waals surface area contributed by atoms with Gasteiger partial charge in [0, 0.05) is 18.2 Å². The number of hydrogen-bond donors (Lipinski definition) is 2. The van der Waals surface area contributed by atoms with Crippen molar-refractivity contribution >= 4 is 22.6 Å². The summed E-state index contributed by atoms with van der Waals surface area (Å²) in [6, 6.07) is 14.7. The normalized spacial score (nSPS) is 10.9. The van der Waals surface area contributed by atoms with Crippen LogP contribution in [0.5, 0.6) is 0 Å². The minimum atomic E-state index is -0.312. The number of carbonyl (C=O) groups is 2. The lowest BCUT2D eigenvalue weighted by Gasteiger charge is -2.11. The van der Waals surface area contributed by atoms with E-state index in [1.54, 1.807) is 18.2 Å². The first-order valence-corrected chi connectivity index (χ1v) is 9.53. The molecular weight excluding hydrogens is 382 g/mol. The van der Waals surface area contributed by atoms with Crippen molar-refractivity contribution in [2.24, 2.45) is 0 Å². The molecular formula is C23H21N3O4. The van der Waals surface area contributed by atoms with Gasteiger partial charge in [-0.1, -0.05) is 35.5 Å². The van der Waals surface area contributed by atoms with Gasteiger partial charge in [-0.2, -0.15) is 0 Å². The maximum atomic E-state index is 12.9. The second kappa shape index (κ2) is 7.87. The molecule has 0 aliphatic heterocycles. The lowest BCUT2D eigenvalue weighted by atomic mass is 9.94. The van der Waals surface area contributed by atoms with Crippen LogP contribution in [0.2, 0.25) is 0 Å². The van der Waals surface area contributed by atoms with Crippen LogP contribution in [0, 0.1) is 13.8 Å². The van der Waals surface area contributed by atoms with Crippen LogP contribution >= 0.6 is 0 Å². The number of furan rings is 1. The van der Waals surface area contributed by atoms with E-state index in [9.17, 15) is 9.59 Å². The van der Waals surface area contributed by atoms with Gasteiger partial charge in [-0.15, -0.1) is 0 Å². The Morgan fingerprint density at radius 3 is 2.47 bits per heavy atom. The Balaban J connectivity index is 1.63. The van der Waals surface area contributed by atoms with Crippen LogP contribution in [-0.4, -0.2) is 24.0 Å². The van der Waals surface area contributed by atoms with Gasteiger partial charge in [0.15, 0.2) is 5.76 Å². The smallest absolute Gasteiger partial charge is 0.286 e. The van der Waals surface area contributed by atoms with Crippen LogP contribution in [0.15, 0.2) is 57.5 Å². The molecule has 0 saturated heterocycles. The van der Waals surface area contributed by atoms with Crippen molar-refractivity contribution < 1.29 is 18.5 Å². The summed E-state index contributed by atoms with van der Waals surface area (Å²) < 4.78 is 10.8. The van der Waals surface area contributed by atoms with E-state index in [0.29, 0.717) is 11.3 Å². The molecule has 0 bridgehead atoms. The number of rotatable bonds is 5. The van der Waals surface area contributed by atoms with Crippen molar-refractivity contribution in [2.45, 2.75) is 20.4 Å². The number of nitrogens with zero attached hydrogens (tertiary/aromatic N) is 1. The molecule has 0 unspecified atom stereocenters. The highest BCUT2D eigenvalue weighted by molar-refractivity contribution is 6.10. The third-order valence-corrected chi connectivity index (χ3v) is 5.01. The summed E-state index contributed by atoms with van der Waals surface area (Å²) >= 11 is 0. The fourth-order valence-electron chi connectivity index (χ4n) is 3.57. The minimum absolute atomic E-state index is 0.176. The molecule has 2 amide bonds. The van der Waals surface area contributed by atoms with E-state index in [-0.39, 0.29) is 24.1 Å². The highest BCUT2D eigenvalue weighted by atomic mass is 16.5. The number of carbonyl (C=O) groups excluding carboxylic acids is 2. The third kappa shape index (κ3) is 3.45. The summed E-state index contributed by atoms with van der Waals surface area (Å²) in [6.07, 6.45) is 0. The second-order valence-corrected chi connectivity index (χ2v) is 6.93. The summed E-state index contributed by atoms with van der Waals surface area (Å²) in [4.78, 5) is 24.5. The maximum Gasteiger partial charge on any atom is 0.286 e. The zero-order chi connectivity index (χ0) is 21.3. The third-order valence-electron chi connectivity index (χ3n) is 5.01. The SMILES string of the molecule is CNC(=O)c1ccc(CNC(=O)c2cccc3c(-c4c(C)noc4C)cccc23)o1. The van der Waals surface area contributed by atoms with Crippen LogP contribution in [0.25, 0.3) is 21.9 Å². The molecule has 2 N–H and O–H groups in total. The minimum Gasteiger partial charge on any atom is -0.454 e. The van der Waals surface area contributed by atoms with E-state index >= 15 is 0 Å². The van der Waals surface area contributed by atoms with Crippen LogP contribution < -0.4 is 10.6 Å². The lowest BCUT2D eigenvalue weighted by Crippen LogP contribution is -2.23. The van der Waals surface area contributed by atoms with Gasteiger partial charge in [-0.3, -0.25) is 9.59 Å². The Hall–Kier alpha value is -3.87. The molecule has 4 rings (SSSR count). The Morgan fingerprint density at radius 2 is 1.73 bits per heavy atom. The number of amides is 2. The predicted octanol–water partition coefficient (Wildman–Crippen LogP) is 3.99. The molecule has 0 aliphatic rings.